The number of benzene rings is 1. The Hall–Kier alpha value is -1.09. The van der Waals surface area contributed by atoms with E-state index in [0.717, 1.165) is 37.3 Å². The largest absolute Gasteiger partial charge is 0.372 e. The van der Waals surface area contributed by atoms with Gasteiger partial charge in [0.25, 0.3) is 0 Å². The van der Waals surface area contributed by atoms with Gasteiger partial charge in [0.1, 0.15) is 5.82 Å². The van der Waals surface area contributed by atoms with E-state index in [4.69, 9.17) is 0 Å². The summed E-state index contributed by atoms with van der Waals surface area (Å²) in [6.45, 7) is 11.3. The first-order chi connectivity index (χ1) is 9.45. The summed E-state index contributed by atoms with van der Waals surface area (Å²) >= 11 is 0. The molecule has 1 aromatic rings. The van der Waals surface area contributed by atoms with Crippen LogP contribution in [-0.2, 0) is 6.54 Å². The molecule has 0 aliphatic heterocycles. The van der Waals surface area contributed by atoms with Gasteiger partial charge in [-0.15, -0.1) is 0 Å². The van der Waals surface area contributed by atoms with E-state index in [0.29, 0.717) is 11.8 Å². The summed E-state index contributed by atoms with van der Waals surface area (Å²) in [6, 6.07) is 5.36. The van der Waals surface area contributed by atoms with E-state index in [-0.39, 0.29) is 5.82 Å². The Kier molecular flexibility index (Phi) is 7.00. The summed E-state index contributed by atoms with van der Waals surface area (Å²) in [7, 11) is 1.98. The zero-order valence-corrected chi connectivity index (χ0v) is 13.5. The maximum absolute atomic E-state index is 14.2. The van der Waals surface area contributed by atoms with E-state index >= 15 is 0 Å². The third-order valence-electron chi connectivity index (χ3n) is 3.60. The van der Waals surface area contributed by atoms with E-state index in [1.54, 1.807) is 12.1 Å². The van der Waals surface area contributed by atoms with E-state index in [1.165, 1.54) is 0 Å². The van der Waals surface area contributed by atoms with Gasteiger partial charge in [0.05, 0.1) is 5.69 Å². The summed E-state index contributed by atoms with van der Waals surface area (Å²) in [5.41, 5.74) is 1.78. The molecule has 3 heteroatoms. The first kappa shape index (κ1) is 17.0. The van der Waals surface area contributed by atoms with Crippen LogP contribution in [0.5, 0.6) is 0 Å². The van der Waals surface area contributed by atoms with Crippen molar-refractivity contribution in [1.29, 1.82) is 0 Å². The highest BCUT2D eigenvalue weighted by Crippen LogP contribution is 2.24. The van der Waals surface area contributed by atoms with Crippen LogP contribution in [0.25, 0.3) is 0 Å². The topological polar surface area (TPSA) is 15.3 Å². The lowest BCUT2D eigenvalue weighted by Gasteiger charge is -2.26. The Morgan fingerprint density at radius 2 is 1.95 bits per heavy atom. The van der Waals surface area contributed by atoms with Crippen LogP contribution in [0.15, 0.2) is 18.2 Å². The van der Waals surface area contributed by atoms with Crippen molar-refractivity contribution in [2.24, 2.45) is 11.8 Å². The predicted molar refractivity (Wildman–Crippen MR) is 85.7 cm³/mol. The Labute approximate surface area is 123 Å². The Balaban J connectivity index is 2.81. The molecule has 1 N–H and O–H groups in total. The van der Waals surface area contributed by atoms with Crippen LogP contribution in [-0.4, -0.2) is 20.1 Å². The molecule has 1 aromatic carbocycles. The van der Waals surface area contributed by atoms with Crippen LogP contribution in [0, 0.1) is 17.7 Å². The number of hydrogen-bond donors (Lipinski definition) is 1. The summed E-state index contributed by atoms with van der Waals surface area (Å²) < 4.78 is 14.2. The zero-order valence-electron chi connectivity index (χ0n) is 13.5. The summed E-state index contributed by atoms with van der Waals surface area (Å²) in [5, 5.41) is 3.40. The smallest absolute Gasteiger partial charge is 0.146 e. The SMILES string of the molecule is CCC(C)CN(C)c1c(F)cccc1CNCC(C)C. The van der Waals surface area contributed by atoms with Gasteiger partial charge in [-0.2, -0.15) is 0 Å². The van der Waals surface area contributed by atoms with E-state index in [9.17, 15) is 4.39 Å². The molecule has 0 radical (unpaired) electrons. The van der Waals surface area contributed by atoms with Gasteiger partial charge >= 0.3 is 0 Å². The second-order valence-corrected chi connectivity index (χ2v) is 6.17. The summed E-state index contributed by atoms with van der Waals surface area (Å²) in [4.78, 5) is 2.05. The molecule has 1 atom stereocenters. The molecule has 0 bridgehead atoms. The molecule has 0 heterocycles. The minimum Gasteiger partial charge on any atom is -0.372 e. The van der Waals surface area contributed by atoms with Crippen LogP contribution in [0.1, 0.15) is 39.7 Å². The normalized spacial score (nSPS) is 12.8. The van der Waals surface area contributed by atoms with Crippen molar-refractivity contribution in [2.75, 3.05) is 25.0 Å². The standard InChI is InChI=1S/C17H29FN2/c1-6-14(4)12-20(5)17-15(8-7-9-16(17)18)11-19-10-13(2)3/h7-9,13-14,19H,6,10-12H2,1-5H3. The monoisotopic (exact) mass is 280 g/mol. The van der Waals surface area contributed by atoms with Crippen molar-refractivity contribution in [1.82, 2.24) is 5.32 Å². The van der Waals surface area contributed by atoms with E-state index in [2.05, 4.69) is 37.9 Å². The third kappa shape index (κ3) is 5.12. The lowest BCUT2D eigenvalue weighted by atomic mass is 10.1. The van der Waals surface area contributed by atoms with Gasteiger partial charge in [-0.05, 0) is 30.0 Å². The molecule has 114 valence electrons. The Morgan fingerprint density at radius 3 is 2.55 bits per heavy atom. The highest BCUT2D eigenvalue weighted by molar-refractivity contribution is 5.54. The number of rotatable bonds is 8. The van der Waals surface area contributed by atoms with Crippen molar-refractivity contribution in [2.45, 2.75) is 40.7 Å². The minimum atomic E-state index is -0.125. The average molecular weight is 280 g/mol. The Morgan fingerprint density at radius 1 is 1.25 bits per heavy atom. The van der Waals surface area contributed by atoms with Gasteiger partial charge in [0, 0.05) is 20.1 Å². The van der Waals surface area contributed by atoms with Crippen molar-refractivity contribution < 1.29 is 4.39 Å². The number of hydrogen-bond acceptors (Lipinski definition) is 2. The predicted octanol–water partition coefficient (Wildman–Crippen LogP) is 4.05. The number of nitrogens with zero attached hydrogens (tertiary/aromatic N) is 1. The van der Waals surface area contributed by atoms with Gasteiger partial charge in [-0.1, -0.05) is 46.2 Å². The zero-order chi connectivity index (χ0) is 15.1. The molecule has 1 rings (SSSR count). The molecule has 0 aliphatic carbocycles. The quantitative estimate of drug-likeness (QED) is 0.772. The fraction of sp³-hybridized carbons (Fsp3) is 0.647. The van der Waals surface area contributed by atoms with Gasteiger partial charge in [-0.3, -0.25) is 0 Å². The molecule has 20 heavy (non-hydrogen) atoms. The number of halogens is 1. The lowest BCUT2D eigenvalue weighted by molar-refractivity contribution is 0.538. The van der Waals surface area contributed by atoms with Gasteiger partial charge in [0.2, 0.25) is 0 Å². The van der Waals surface area contributed by atoms with Crippen molar-refractivity contribution in [3.8, 4) is 0 Å². The molecule has 0 saturated heterocycles. The average Bonchev–Trinajstić information content (AvgIpc) is 2.38. The highest BCUT2D eigenvalue weighted by atomic mass is 19.1. The first-order valence-electron chi connectivity index (χ1n) is 7.64. The van der Waals surface area contributed by atoms with Crippen LogP contribution in [0.4, 0.5) is 10.1 Å². The second-order valence-electron chi connectivity index (χ2n) is 6.17. The molecular weight excluding hydrogens is 251 g/mol. The molecule has 0 aromatic heterocycles. The first-order valence-corrected chi connectivity index (χ1v) is 7.64. The summed E-state index contributed by atoms with van der Waals surface area (Å²) in [5.74, 6) is 1.04. The Bertz CT molecular complexity index is 404. The molecule has 1 unspecified atom stereocenters. The summed E-state index contributed by atoms with van der Waals surface area (Å²) in [6.07, 6.45) is 1.11. The molecule has 2 nitrogen and oxygen atoms in total. The van der Waals surface area contributed by atoms with E-state index < -0.39 is 0 Å². The maximum Gasteiger partial charge on any atom is 0.146 e. The van der Waals surface area contributed by atoms with Crippen molar-refractivity contribution in [3.05, 3.63) is 29.6 Å². The molecular formula is C17H29FN2. The maximum atomic E-state index is 14.2. The van der Waals surface area contributed by atoms with Crippen LogP contribution >= 0.6 is 0 Å². The minimum absolute atomic E-state index is 0.125. The molecule has 0 spiro atoms. The fourth-order valence-corrected chi connectivity index (χ4v) is 2.31. The van der Waals surface area contributed by atoms with Crippen LogP contribution in [0.3, 0.4) is 0 Å². The third-order valence-corrected chi connectivity index (χ3v) is 3.60. The second kappa shape index (κ2) is 8.25. The van der Waals surface area contributed by atoms with Crippen molar-refractivity contribution in [3.63, 3.8) is 0 Å². The van der Waals surface area contributed by atoms with Crippen LogP contribution in [0.2, 0.25) is 0 Å². The van der Waals surface area contributed by atoms with Gasteiger partial charge in [-0.25, -0.2) is 4.39 Å². The molecule has 0 aliphatic rings. The van der Waals surface area contributed by atoms with Gasteiger partial charge < -0.3 is 10.2 Å². The van der Waals surface area contributed by atoms with Crippen LogP contribution < -0.4 is 10.2 Å². The number of nitrogens with one attached hydrogen (secondary N) is 1. The molecule has 0 fully saturated rings. The number of para-hydroxylation sites is 1. The van der Waals surface area contributed by atoms with E-state index in [1.807, 2.05) is 13.1 Å². The fourth-order valence-electron chi connectivity index (χ4n) is 2.31. The lowest BCUT2D eigenvalue weighted by Crippen LogP contribution is -2.27. The van der Waals surface area contributed by atoms with Crippen molar-refractivity contribution >= 4 is 5.69 Å². The number of anilines is 1. The molecule has 0 amide bonds. The molecule has 0 saturated carbocycles. The van der Waals surface area contributed by atoms with Gasteiger partial charge in [0.15, 0.2) is 0 Å². The highest BCUT2D eigenvalue weighted by Gasteiger charge is 2.14.